The molecule has 0 bridgehead atoms. The van der Waals surface area contributed by atoms with Gasteiger partial charge in [-0.15, -0.1) is 36.2 Å². The highest BCUT2D eigenvalue weighted by molar-refractivity contribution is 7.18. The number of benzene rings is 1. The third-order valence-electron chi connectivity index (χ3n) is 4.73. The van der Waals surface area contributed by atoms with Gasteiger partial charge in [-0.25, -0.2) is 4.98 Å². The molecule has 146 valence electrons. The molecule has 1 saturated heterocycles. The number of rotatable bonds is 7. The number of nitrogens with zero attached hydrogens (tertiary/aromatic N) is 2. The molecule has 0 saturated carbocycles. The highest BCUT2D eigenvalue weighted by Crippen LogP contribution is 2.23. The molecule has 1 fully saturated rings. The van der Waals surface area contributed by atoms with E-state index in [1.54, 1.807) is 11.3 Å². The predicted molar refractivity (Wildman–Crippen MR) is 115 cm³/mol. The Hall–Kier alpha value is -0.880. The van der Waals surface area contributed by atoms with Crippen molar-refractivity contribution >= 4 is 52.3 Å². The molecule has 0 radical (unpaired) electrons. The molecule has 2 heterocycles. The topological polar surface area (TPSA) is 45.2 Å². The lowest BCUT2D eigenvalue weighted by molar-refractivity contribution is -0.133. The first-order chi connectivity index (χ1) is 11.8. The van der Waals surface area contributed by atoms with Gasteiger partial charge in [0, 0.05) is 19.5 Å². The molecule has 2 aromatic rings. The fourth-order valence-electron chi connectivity index (χ4n) is 3.48. The van der Waals surface area contributed by atoms with Gasteiger partial charge in [-0.2, -0.15) is 0 Å². The largest absolute Gasteiger partial charge is 0.342 e. The van der Waals surface area contributed by atoms with Crippen LogP contribution in [0.2, 0.25) is 0 Å². The second-order valence-corrected chi connectivity index (χ2v) is 7.80. The van der Waals surface area contributed by atoms with Gasteiger partial charge in [0.25, 0.3) is 0 Å². The molecule has 1 amide bonds. The summed E-state index contributed by atoms with van der Waals surface area (Å²) in [6, 6.07) is 8.28. The summed E-state index contributed by atoms with van der Waals surface area (Å²) in [4.78, 5) is 19.1. The summed E-state index contributed by atoms with van der Waals surface area (Å²) < 4.78 is 1.26. The van der Waals surface area contributed by atoms with Crippen molar-refractivity contribution in [2.75, 3.05) is 26.7 Å². The molecule has 4 nitrogen and oxygen atoms in total. The number of aromatic nitrogens is 1. The van der Waals surface area contributed by atoms with Crippen LogP contribution in [0.5, 0.6) is 0 Å². The molecular formula is C19H29Cl2N3OS. The van der Waals surface area contributed by atoms with Crippen LogP contribution in [0.25, 0.3) is 10.2 Å². The van der Waals surface area contributed by atoms with E-state index in [1.807, 2.05) is 13.1 Å². The Morgan fingerprint density at radius 2 is 2.12 bits per heavy atom. The lowest BCUT2D eigenvalue weighted by atomic mass is 9.97. The van der Waals surface area contributed by atoms with Gasteiger partial charge in [-0.3, -0.25) is 4.79 Å². The minimum absolute atomic E-state index is 0. The Kier molecular flexibility index (Phi) is 10.5. The minimum atomic E-state index is 0. The predicted octanol–water partition coefficient (Wildman–Crippen LogP) is 4.31. The van der Waals surface area contributed by atoms with Crippen molar-refractivity contribution in [3.05, 3.63) is 29.3 Å². The first kappa shape index (κ1) is 23.2. The van der Waals surface area contributed by atoms with Gasteiger partial charge in [0.15, 0.2) is 0 Å². The van der Waals surface area contributed by atoms with Crippen LogP contribution in [0.15, 0.2) is 24.3 Å². The molecule has 7 heteroatoms. The Bertz CT molecular complexity index is 645. The maximum absolute atomic E-state index is 12.4. The second-order valence-electron chi connectivity index (χ2n) is 6.69. The van der Waals surface area contributed by atoms with E-state index in [-0.39, 0.29) is 24.8 Å². The van der Waals surface area contributed by atoms with Crippen molar-refractivity contribution in [3.8, 4) is 0 Å². The number of likely N-dealkylation sites (tertiary alicyclic amines) is 1. The quantitative estimate of drug-likeness (QED) is 0.682. The van der Waals surface area contributed by atoms with Crippen LogP contribution in [-0.4, -0.2) is 42.5 Å². The molecule has 3 rings (SSSR count). The molecule has 1 atom stereocenters. The van der Waals surface area contributed by atoms with Gasteiger partial charge in [0.05, 0.1) is 15.2 Å². The van der Waals surface area contributed by atoms with Gasteiger partial charge in [0.2, 0.25) is 5.91 Å². The normalized spacial score (nSPS) is 16.8. The number of carbonyl (C=O) groups is 1. The smallest absolute Gasteiger partial charge is 0.222 e. The summed E-state index contributed by atoms with van der Waals surface area (Å²) in [7, 11) is 1.99. The lowest BCUT2D eigenvalue weighted by Crippen LogP contribution is -2.42. The Morgan fingerprint density at radius 1 is 1.31 bits per heavy atom. The summed E-state index contributed by atoms with van der Waals surface area (Å²) in [5, 5.41) is 4.43. The van der Waals surface area contributed by atoms with Crippen LogP contribution in [0.3, 0.4) is 0 Å². The van der Waals surface area contributed by atoms with Crippen LogP contribution in [0.4, 0.5) is 0 Å². The Morgan fingerprint density at radius 3 is 2.88 bits per heavy atom. The fourth-order valence-corrected chi connectivity index (χ4v) is 4.49. The van der Waals surface area contributed by atoms with Gasteiger partial charge < -0.3 is 10.2 Å². The van der Waals surface area contributed by atoms with Crippen LogP contribution >= 0.6 is 36.2 Å². The summed E-state index contributed by atoms with van der Waals surface area (Å²) in [5.41, 5.74) is 1.09. The van der Waals surface area contributed by atoms with E-state index in [9.17, 15) is 4.79 Å². The van der Waals surface area contributed by atoms with Gasteiger partial charge in [-0.1, -0.05) is 12.1 Å². The van der Waals surface area contributed by atoms with Crippen LogP contribution in [0.1, 0.15) is 37.1 Å². The zero-order chi connectivity index (χ0) is 16.8. The van der Waals surface area contributed by atoms with Gasteiger partial charge in [-0.05, 0) is 63.7 Å². The van der Waals surface area contributed by atoms with Crippen LogP contribution in [0, 0.1) is 5.92 Å². The Balaban J connectivity index is 0.00000169. The number of para-hydroxylation sites is 1. The van der Waals surface area contributed by atoms with Crippen molar-refractivity contribution < 1.29 is 4.79 Å². The van der Waals surface area contributed by atoms with E-state index >= 15 is 0 Å². The van der Waals surface area contributed by atoms with E-state index in [2.05, 4.69) is 33.4 Å². The van der Waals surface area contributed by atoms with E-state index < -0.39 is 0 Å². The van der Waals surface area contributed by atoms with E-state index in [0.717, 1.165) is 50.8 Å². The summed E-state index contributed by atoms with van der Waals surface area (Å²) in [5.74, 6) is 0.954. The summed E-state index contributed by atoms with van der Waals surface area (Å²) in [6.07, 6.45) is 6.04. The Labute approximate surface area is 172 Å². The molecule has 1 aromatic carbocycles. The molecule has 1 N–H and O–H groups in total. The van der Waals surface area contributed by atoms with Crippen molar-refractivity contribution in [3.63, 3.8) is 0 Å². The number of thiazole rings is 1. The van der Waals surface area contributed by atoms with Crippen molar-refractivity contribution in [1.82, 2.24) is 15.2 Å². The summed E-state index contributed by atoms with van der Waals surface area (Å²) in [6.45, 7) is 2.88. The first-order valence-electron chi connectivity index (χ1n) is 9.03. The average molecular weight is 418 g/mol. The van der Waals surface area contributed by atoms with E-state index in [1.165, 1.54) is 16.1 Å². The second kappa shape index (κ2) is 11.8. The number of aryl methyl sites for hydroxylation is 1. The SMILES string of the molecule is CNCC1CCCN(C(=O)CCCCc2nc3ccccc3s2)C1.Cl.Cl. The standard InChI is InChI=1S/C19H27N3OS.2ClH/c1-20-13-15-7-6-12-22(14-15)19(23)11-5-4-10-18-21-16-8-2-3-9-17(16)24-18;;/h2-3,8-9,15,20H,4-7,10-14H2,1H3;2*1H. The number of nitrogens with one attached hydrogen (secondary N) is 1. The van der Waals surface area contributed by atoms with Gasteiger partial charge in [0.1, 0.15) is 0 Å². The highest BCUT2D eigenvalue weighted by Gasteiger charge is 2.22. The third kappa shape index (κ3) is 6.38. The summed E-state index contributed by atoms with van der Waals surface area (Å²) >= 11 is 1.78. The monoisotopic (exact) mass is 417 g/mol. The lowest BCUT2D eigenvalue weighted by Gasteiger charge is -2.32. The molecule has 0 aliphatic carbocycles. The van der Waals surface area contributed by atoms with Crippen LogP contribution in [-0.2, 0) is 11.2 Å². The van der Waals surface area contributed by atoms with Crippen molar-refractivity contribution in [2.45, 2.75) is 38.5 Å². The molecule has 26 heavy (non-hydrogen) atoms. The van der Waals surface area contributed by atoms with Crippen LogP contribution < -0.4 is 5.32 Å². The maximum atomic E-state index is 12.4. The van der Waals surface area contributed by atoms with E-state index in [4.69, 9.17) is 0 Å². The van der Waals surface area contributed by atoms with Crippen molar-refractivity contribution in [1.29, 1.82) is 0 Å². The molecule has 1 unspecified atom stereocenters. The number of fused-ring (bicyclic) bond motifs is 1. The van der Waals surface area contributed by atoms with E-state index in [0.29, 0.717) is 18.2 Å². The molecule has 1 aromatic heterocycles. The molecular weight excluding hydrogens is 389 g/mol. The first-order valence-corrected chi connectivity index (χ1v) is 9.84. The highest BCUT2D eigenvalue weighted by atomic mass is 35.5. The number of amides is 1. The minimum Gasteiger partial charge on any atom is -0.342 e. The number of carbonyl (C=O) groups excluding carboxylic acids is 1. The van der Waals surface area contributed by atoms with Crippen molar-refractivity contribution in [2.24, 2.45) is 5.92 Å². The fraction of sp³-hybridized carbons (Fsp3) is 0.579. The zero-order valence-corrected chi connectivity index (χ0v) is 17.7. The van der Waals surface area contributed by atoms with Gasteiger partial charge >= 0.3 is 0 Å². The maximum Gasteiger partial charge on any atom is 0.222 e. The number of unbranched alkanes of at least 4 members (excludes halogenated alkanes) is 1. The number of halogens is 2. The molecule has 0 spiro atoms. The number of hydrogen-bond donors (Lipinski definition) is 1. The zero-order valence-electron chi connectivity index (χ0n) is 15.3. The third-order valence-corrected chi connectivity index (χ3v) is 5.83. The molecule has 1 aliphatic heterocycles. The average Bonchev–Trinajstić information content (AvgIpc) is 3.02. The number of piperidine rings is 1. The molecule has 1 aliphatic rings. The number of hydrogen-bond acceptors (Lipinski definition) is 4.